The van der Waals surface area contributed by atoms with E-state index < -0.39 is 12.7 Å². The van der Waals surface area contributed by atoms with Crippen molar-refractivity contribution in [1.82, 2.24) is 5.32 Å². The van der Waals surface area contributed by atoms with Crippen molar-refractivity contribution in [3.05, 3.63) is 85.0 Å². The first kappa shape index (κ1) is 18.4. The van der Waals surface area contributed by atoms with E-state index in [0.29, 0.717) is 6.42 Å². The third-order valence-electron chi connectivity index (χ3n) is 4.99. The molecule has 2 atom stereocenters. The summed E-state index contributed by atoms with van der Waals surface area (Å²) >= 11 is 0. The number of carbonyl (C=O) groups is 1. The zero-order valence-electron chi connectivity index (χ0n) is 15.1. The fourth-order valence-corrected chi connectivity index (χ4v) is 7.23. The van der Waals surface area contributed by atoms with Crippen molar-refractivity contribution in [2.75, 3.05) is 0 Å². The van der Waals surface area contributed by atoms with E-state index in [1.54, 1.807) is 0 Å². The second-order valence-corrected chi connectivity index (χ2v) is 9.50. The Labute approximate surface area is 155 Å². The van der Waals surface area contributed by atoms with Gasteiger partial charge in [0.15, 0.2) is 7.14 Å². The van der Waals surface area contributed by atoms with Crippen LogP contribution in [0.4, 0.5) is 0 Å². The van der Waals surface area contributed by atoms with Crippen molar-refractivity contribution in [3.8, 4) is 0 Å². The first-order chi connectivity index (χ1) is 12.5. The number of hydrogen-bond donors (Lipinski definition) is 1. The summed E-state index contributed by atoms with van der Waals surface area (Å²) in [6.45, 7) is 3.53. The van der Waals surface area contributed by atoms with Gasteiger partial charge >= 0.3 is 0 Å². The van der Waals surface area contributed by atoms with E-state index in [2.05, 4.69) is 5.32 Å². The lowest BCUT2D eigenvalue weighted by Gasteiger charge is -2.42. The summed E-state index contributed by atoms with van der Waals surface area (Å²) in [5.41, 5.74) is -1.03. The second-order valence-electron chi connectivity index (χ2n) is 6.59. The third-order valence-corrected chi connectivity index (χ3v) is 8.54. The van der Waals surface area contributed by atoms with Gasteiger partial charge in [0.2, 0.25) is 5.91 Å². The molecule has 4 heteroatoms. The molecule has 2 aromatic rings. The van der Waals surface area contributed by atoms with E-state index in [1.807, 2.05) is 91.9 Å². The molecule has 1 aliphatic rings. The van der Waals surface area contributed by atoms with Crippen LogP contribution in [0.15, 0.2) is 85.0 Å². The number of hydrogen-bond acceptors (Lipinski definition) is 2. The number of nitrogens with one attached hydrogen (secondary N) is 1. The van der Waals surface area contributed by atoms with Crippen LogP contribution in [-0.2, 0) is 9.36 Å². The maximum absolute atomic E-state index is 14.7. The molecule has 0 saturated heterocycles. The molecule has 0 heterocycles. The lowest BCUT2D eigenvalue weighted by Crippen LogP contribution is -2.56. The molecule has 1 aliphatic carbocycles. The van der Waals surface area contributed by atoms with E-state index in [-0.39, 0.29) is 11.6 Å². The minimum atomic E-state index is -3.05. The van der Waals surface area contributed by atoms with Gasteiger partial charge < -0.3 is 9.88 Å². The highest BCUT2D eigenvalue weighted by Gasteiger charge is 2.48. The van der Waals surface area contributed by atoms with E-state index in [1.165, 1.54) is 6.92 Å². The van der Waals surface area contributed by atoms with Gasteiger partial charge in [0.05, 0.1) is 11.2 Å². The molecule has 0 saturated carbocycles. The smallest absolute Gasteiger partial charge is 0.217 e. The van der Waals surface area contributed by atoms with Gasteiger partial charge in [-0.1, -0.05) is 91.9 Å². The molecule has 3 rings (SSSR count). The quantitative estimate of drug-likeness (QED) is 0.820. The average Bonchev–Trinajstić information content (AvgIpc) is 2.68. The summed E-state index contributed by atoms with van der Waals surface area (Å²) in [7, 11) is -3.05. The average molecular weight is 365 g/mol. The number of allylic oxidation sites excluding steroid dienone is 2. The van der Waals surface area contributed by atoms with E-state index in [9.17, 15) is 9.36 Å². The Balaban J connectivity index is 2.24. The molecule has 0 aliphatic heterocycles. The highest BCUT2D eigenvalue weighted by Crippen LogP contribution is 2.54. The summed E-state index contributed by atoms with van der Waals surface area (Å²) < 4.78 is 14.7. The largest absolute Gasteiger partial charge is 0.346 e. The molecule has 3 nitrogen and oxygen atoms in total. The number of carbonyl (C=O) groups excluding carboxylic acids is 1. The predicted molar refractivity (Wildman–Crippen MR) is 109 cm³/mol. The molecule has 1 amide bonds. The lowest BCUT2D eigenvalue weighted by molar-refractivity contribution is -0.120. The van der Waals surface area contributed by atoms with Gasteiger partial charge in [-0.25, -0.2) is 0 Å². The molecule has 0 radical (unpaired) electrons. The summed E-state index contributed by atoms with van der Waals surface area (Å²) in [4.78, 5) is 12.0. The summed E-state index contributed by atoms with van der Waals surface area (Å²) in [5, 5.41) is 4.70. The fourth-order valence-electron chi connectivity index (χ4n) is 3.74. The Morgan fingerprint density at radius 3 is 2.00 bits per heavy atom. The van der Waals surface area contributed by atoms with Gasteiger partial charge in [0.25, 0.3) is 0 Å². The monoisotopic (exact) mass is 365 g/mol. The van der Waals surface area contributed by atoms with Gasteiger partial charge in [-0.15, -0.1) is 0 Å². The van der Waals surface area contributed by atoms with Crippen molar-refractivity contribution in [2.45, 2.75) is 31.5 Å². The van der Waals surface area contributed by atoms with E-state index in [0.717, 1.165) is 10.6 Å². The van der Waals surface area contributed by atoms with Crippen molar-refractivity contribution in [1.29, 1.82) is 0 Å². The van der Waals surface area contributed by atoms with Crippen LogP contribution in [0.25, 0.3) is 0 Å². The molecule has 0 fully saturated rings. The molecule has 2 aromatic carbocycles. The summed E-state index contributed by atoms with van der Waals surface area (Å²) in [6, 6.07) is 19.2. The van der Waals surface area contributed by atoms with Crippen molar-refractivity contribution in [3.63, 3.8) is 0 Å². The van der Waals surface area contributed by atoms with Crippen LogP contribution in [0.1, 0.15) is 20.3 Å². The molecular weight excluding hydrogens is 341 g/mol. The van der Waals surface area contributed by atoms with Crippen LogP contribution in [0.2, 0.25) is 0 Å². The Hall–Kier alpha value is -2.38. The van der Waals surface area contributed by atoms with E-state index in [4.69, 9.17) is 0 Å². The topological polar surface area (TPSA) is 46.2 Å². The Morgan fingerprint density at radius 1 is 1.00 bits per heavy atom. The SMILES string of the molecule is CCC1(NC(C)=O)C=CC=CC1P(=O)(c1ccccc1)c1ccccc1. The van der Waals surface area contributed by atoms with Crippen molar-refractivity contribution >= 4 is 23.7 Å². The zero-order valence-corrected chi connectivity index (χ0v) is 16.0. The Morgan fingerprint density at radius 2 is 1.54 bits per heavy atom. The van der Waals surface area contributed by atoms with Gasteiger partial charge in [-0.05, 0) is 6.42 Å². The molecular formula is C22H24NO2P. The molecule has 1 N–H and O–H groups in total. The first-order valence-electron chi connectivity index (χ1n) is 8.88. The van der Waals surface area contributed by atoms with Crippen LogP contribution in [0.5, 0.6) is 0 Å². The minimum absolute atomic E-state index is 0.121. The molecule has 0 aromatic heterocycles. The van der Waals surface area contributed by atoms with Crippen LogP contribution in [0.3, 0.4) is 0 Å². The first-order valence-corrected chi connectivity index (χ1v) is 10.7. The third kappa shape index (κ3) is 3.20. The number of amides is 1. The van der Waals surface area contributed by atoms with Crippen LogP contribution in [-0.4, -0.2) is 17.1 Å². The number of benzene rings is 2. The maximum atomic E-state index is 14.7. The lowest BCUT2D eigenvalue weighted by atomic mass is 9.88. The summed E-state index contributed by atoms with van der Waals surface area (Å²) in [6.07, 6.45) is 8.48. The Kier molecular flexibility index (Phi) is 5.29. The minimum Gasteiger partial charge on any atom is -0.346 e. The van der Waals surface area contributed by atoms with Crippen LogP contribution >= 0.6 is 7.14 Å². The van der Waals surface area contributed by atoms with Gasteiger partial charge in [0, 0.05) is 17.5 Å². The highest BCUT2D eigenvalue weighted by molar-refractivity contribution is 7.79. The predicted octanol–water partition coefficient (Wildman–Crippen LogP) is 3.78. The summed E-state index contributed by atoms with van der Waals surface area (Å²) in [5.74, 6) is -0.121. The standard InChI is InChI=1S/C22H24NO2P/c1-3-22(23-18(2)24)17-11-10-16-21(22)26(25,19-12-6-4-7-13-19)20-14-8-5-9-15-20/h4-17,21H,3H2,1-2H3,(H,23,24). The van der Waals surface area contributed by atoms with Crippen molar-refractivity contribution < 1.29 is 9.36 Å². The zero-order chi connectivity index (χ0) is 18.6. The van der Waals surface area contributed by atoms with Crippen molar-refractivity contribution in [2.24, 2.45) is 0 Å². The van der Waals surface area contributed by atoms with E-state index >= 15 is 0 Å². The van der Waals surface area contributed by atoms with Crippen LogP contribution < -0.4 is 15.9 Å². The van der Waals surface area contributed by atoms with Gasteiger partial charge in [-0.2, -0.15) is 0 Å². The Bertz CT molecular complexity index is 830. The molecule has 0 bridgehead atoms. The normalized spacial score (nSPS) is 22.2. The van der Waals surface area contributed by atoms with Gasteiger partial charge in [-0.3, -0.25) is 4.79 Å². The molecule has 2 unspecified atom stereocenters. The number of rotatable bonds is 5. The highest BCUT2D eigenvalue weighted by atomic mass is 31.2. The fraction of sp³-hybridized carbons (Fsp3) is 0.227. The molecule has 0 spiro atoms. The molecule has 26 heavy (non-hydrogen) atoms. The van der Waals surface area contributed by atoms with Gasteiger partial charge in [0.1, 0.15) is 0 Å². The maximum Gasteiger partial charge on any atom is 0.217 e. The van der Waals surface area contributed by atoms with Crippen LogP contribution in [0, 0.1) is 0 Å². The molecule has 134 valence electrons. The second kappa shape index (κ2) is 7.47.